The second-order valence-corrected chi connectivity index (χ2v) is 9.87. The predicted octanol–water partition coefficient (Wildman–Crippen LogP) is 3.25. The highest BCUT2D eigenvalue weighted by Crippen LogP contribution is 2.37. The monoisotopic (exact) mass is 447 g/mol. The Morgan fingerprint density at radius 2 is 1.73 bits per heavy atom. The van der Waals surface area contributed by atoms with Crippen LogP contribution in [0.4, 0.5) is 0 Å². The molecule has 1 N–H and O–H groups in total. The van der Waals surface area contributed by atoms with Crippen LogP contribution in [0.3, 0.4) is 0 Å². The van der Waals surface area contributed by atoms with Crippen LogP contribution in [0.1, 0.15) is 18.4 Å². The molecule has 8 heteroatoms. The summed E-state index contributed by atoms with van der Waals surface area (Å²) in [7, 11) is -4.10. The summed E-state index contributed by atoms with van der Waals surface area (Å²) in [6.07, 6.45) is 5.16. The van der Waals surface area contributed by atoms with Gasteiger partial charge >= 0.3 is 5.97 Å². The third-order valence-corrected chi connectivity index (χ3v) is 8.10. The van der Waals surface area contributed by atoms with E-state index in [-0.39, 0.29) is 24.3 Å². The minimum Gasteiger partial charge on any atom is -0.481 e. The number of carboxylic acid groups (broad SMARTS) is 1. The average Bonchev–Trinajstić information content (AvgIpc) is 2.74. The van der Waals surface area contributed by atoms with Crippen LogP contribution in [-0.2, 0) is 21.2 Å². The number of rotatable bonds is 7. The van der Waals surface area contributed by atoms with Crippen LogP contribution in [0.2, 0.25) is 5.02 Å². The van der Waals surface area contributed by atoms with Gasteiger partial charge in [-0.05, 0) is 54.8 Å². The number of nitrogens with zero attached hydrogens (tertiary/aromatic N) is 1. The van der Waals surface area contributed by atoms with Gasteiger partial charge in [-0.1, -0.05) is 29.7 Å². The number of terminal acetylenes is 1. The molecule has 0 unspecified atom stereocenters. The van der Waals surface area contributed by atoms with Crippen molar-refractivity contribution in [2.24, 2.45) is 0 Å². The van der Waals surface area contributed by atoms with E-state index >= 15 is 0 Å². The maximum atomic E-state index is 13.3. The number of sulfone groups is 1. The largest absolute Gasteiger partial charge is 0.481 e. The smallest absolute Gasteiger partial charge is 0.325 e. The first-order chi connectivity index (χ1) is 14.3. The SMILES string of the molecule is C#CCOc1ccc(S(=O)(=O)C2(C(=O)O)CCN(Cc3ccc(Cl)cc3)CC2)cc1. The fraction of sp³-hybridized carbons (Fsp3) is 0.318. The average molecular weight is 448 g/mol. The fourth-order valence-electron chi connectivity index (χ4n) is 3.58. The van der Waals surface area contributed by atoms with E-state index in [0.29, 0.717) is 30.4 Å². The molecule has 1 aliphatic heterocycles. The van der Waals surface area contributed by atoms with Crippen LogP contribution >= 0.6 is 11.6 Å². The summed E-state index contributed by atoms with van der Waals surface area (Å²) in [5, 5.41) is 10.5. The molecule has 2 aromatic rings. The molecule has 1 aliphatic rings. The number of hydrogen-bond acceptors (Lipinski definition) is 5. The number of piperidine rings is 1. The highest BCUT2D eigenvalue weighted by Gasteiger charge is 2.53. The van der Waals surface area contributed by atoms with E-state index in [9.17, 15) is 18.3 Å². The van der Waals surface area contributed by atoms with Crippen molar-refractivity contribution < 1.29 is 23.1 Å². The van der Waals surface area contributed by atoms with E-state index in [4.69, 9.17) is 22.8 Å². The van der Waals surface area contributed by atoms with Crippen LogP contribution in [0.5, 0.6) is 5.75 Å². The highest BCUT2D eigenvalue weighted by atomic mass is 35.5. The van der Waals surface area contributed by atoms with Crippen molar-refractivity contribution in [1.82, 2.24) is 4.90 Å². The van der Waals surface area contributed by atoms with Gasteiger partial charge in [-0.25, -0.2) is 8.42 Å². The lowest BCUT2D eigenvalue weighted by Crippen LogP contribution is -2.54. The Morgan fingerprint density at radius 1 is 1.13 bits per heavy atom. The molecule has 0 radical (unpaired) electrons. The van der Waals surface area contributed by atoms with Gasteiger partial charge in [0.15, 0.2) is 14.6 Å². The number of halogens is 1. The molecular weight excluding hydrogens is 426 g/mol. The van der Waals surface area contributed by atoms with Gasteiger partial charge in [0.25, 0.3) is 0 Å². The van der Waals surface area contributed by atoms with Crippen molar-refractivity contribution in [3.8, 4) is 18.1 Å². The van der Waals surface area contributed by atoms with Gasteiger partial charge in [-0.3, -0.25) is 9.69 Å². The lowest BCUT2D eigenvalue weighted by Gasteiger charge is -2.38. The Kier molecular flexibility index (Phi) is 6.71. The number of aliphatic carboxylic acids is 1. The standard InChI is InChI=1S/C22H22ClNO5S/c1-2-15-29-19-7-9-20(10-8-19)30(27,28)22(21(25)26)11-13-24(14-12-22)16-17-3-5-18(23)6-4-17/h1,3-10H,11-16H2,(H,25,26). The molecule has 3 rings (SSSR count). The van der Waals surface area contributed by atoms with Gasteiger partial charge in [-0.2, -0.15) is 0 Å². The fourth-order valence-corrected chi connectivity index (χ4v) is 5.60. The second-order valence-electron chi connectivity index (χ2n) is 7.17. The minimum absolute atomic E-state index is 0.00754. The molecule has 0 saturated carbocycles. The first-order valence-corrected chi connectivity index (χ1v) is 11.3. The molecule has 30 heavy (non-hydrogen) atoms. The summed E-state index contributed by atoms with van der Waals surface area (Å²) in [5.74, 6) is 1.44. The summed E-state index contributed by atoms with van der Waals surface area (Å²) in [6, 6.07) is 13.1. The first kappa shape index (κ1) is 22.2. The molecule has 0 amide bonds. The summed E-state index contributed by atoms with van der Waals surface area (Å²) in [5.41, 5.74) is 1.03. The molecule has 1 heterocycles. The Balaban J connectivity index is 1.77. The molecule has 1 fully saturated rings. The second kappa shape index (κ2) is 9.09. The van der Waals surface area contributed by atoms with E-state index in [1.54, 1.807) is 12.1 Å². The van der Waals surface area contributed by atoms with Crippen molar-refractivity contribution in [2.75, 3.05) is 19.7 Å². The number of ether oxygens (including phenoxy) is 1. The number of carbonyl (C=O) groups is 1. The molecule has 0 aliphatic carbocycles. The van der Waals surface area contributed by atoms with Gasteiger partial charge in [0.1, 0.15) is 12.4 Å². The van der Waals surface area contributed by atoms with E-state index < -0.39 is 20.6 Å². The summed E-state index contributed by atoms with van der Waals surface area (Å²) in [4.78, 5) is 14.2. The summed E-state index contributed by atoms with van der Waals surface area (Å²) >= 11 is 5.91. The van der Waals surface area contributed by atoms with Crippen LogP contribution < -0.4 is 4.74 Å². The third-order valence-electron chi connectivity index (χ3n) is 5.34. The van der Waals surface area contributed by atoms with Crippen molar-refractivity contribution in [3.63, 3.8) is 0 Å². The summed E-state index contributed by atoms with van der Waals surface area (Å²) < 4.78 is 30.0. The van der Waals surface area contributed by atoms with Gasteiger partial charge in [0.05, 0.1) is 4.90 Å². The number of carboxylic acids is 1. The Hall–Kier alpha value is -2.53. The third kappa shape index (κ3) is 4.46. The predicted molar refractivity (Wildman–Crippen MR) is 114 cm³/mol. The van der Waals surface area contributed by atoms with E-state index in [1.807, 2.05) is 12.1 Å². The molecule has 0 bridgehead atoms. The zero-order chi connectivity index (χ0) is 21.8. The van der Waals surface area contributed by atoms with Gasteiger partial charge in [-0.15, -0.1) is 6.42 Å². The van der Waals surface area contributed by atoms with Crippen molar-refractivity contribution >= 4 is 27.4 Å². The minimum atomic E-state index is -4.10. The molecule has 0 atom stereocenters. The van der Waals surface area contributed by atoms with Gasteiger partial charge in [0, 0.05) is 24.7 Å². The highest BCUT2D eigenvalue weighted by molar-refractivity contribution is 7.93. The zero-order valence-corrected chi connectivity index (χ0v) is 17.8. The quantitative estimate of drug-likeness (QED) is 0.656. The van der Waals surface area contributed by atoms with Gasteiger partial charge in [0.2, 0.25) is 0 Å². The van der Waals surface area contributed by atoms with Gasteiger partial charge < -0.3 is 9.84 Å². The number of hydrogen-bond donors (Lipinski definition) is 1. The van der Waals surface area contributed by atoms with E-state index in [1.165, 1.54) is 24.3 Å². The Morgan fingerprint density at radius 3 is 2.27 bits per heavy atom. The van der Waals surface area contributed by atoms with E-state index in [2.05, 4.69) is 10.8 Å². The maximum Gasteiger partial charge on any atom is 0.325 e. The molecule has 1 saturated heterocycles. The molecule has 158 valence electrons. The molecule has 2 aromatic carbocycles. The van der Waals surface area contributed by atoms with Crippen LogP contribution in [0.25, 0.3) is 0 Å². The Labute approximate surface area is 181 Å². The molecule has 0 aromatic heterocycles. The maximum absolute atomic E-state index is 13.3. The molecular formula is C22H22ClNO5S. The van der Waals surface area contributed by atoms with Crippen molar-refractivity contribution in [1.29, 1.82) is 0 Å². The van der Waals surface area contributed by atoms with Crippen LogP contribution in [0, 0.1) is 12.3 Å². The molecule has 0 spiro atoms. The lowest BCUT2D eigenvalue weighted by molar-refractivity contribution is -0.141. The topological polar surface area (TPSA) is 83.9 Å². The van der Waals surface area contributed by atoms with Crippen molar-refractivity contribution in [3.05, 3.63) is 59.1 Å². The van der Waals surface area contributed by atoms with Crippen LogP contribution in [-0.4, -0.2) is 48.8 Å². The molecule has 6 nitrogen and oxygen atoms in total. The number of benzene rings is 2. The van der Waals surface area contributed by atoms with E-state index in [0.717, 1.165) is 5.56 Å². The lowest BCUT2D eigenvalue weighted by atomic mass is 9.95. The van der Waals surface area contributed by atoms with Crippen molar-refractivity contribution in [2.45, 2.75) is 29.0 Å². The van der Waals surface area contributed by atoms with Crippen LogP contribution in [0.15, 0.2) is 53.4 Å². The first-order valence-electron chi connectivity index (χ1n) is 9.40. The zero-order valence-electron chi connectivity index (χ0n) is 16.3. The normalized spacial score (nSPS) is 16.5. The summed E-state index contributed by atoms with van der Waals surface area (Å²) in [6.45, 7) is 1.39. The Bertz CT molecular complexity index is 1030. The number of likely N-dealkylation sites (tertiary alicyclic amines) is 1.